The summed E-state index contributed by atoms with van der Waals surface area (Å²) in [7, 11) is 1.55. The number of ether oxygens (including phenoxy) is 1. The molecule has 0 aliphatic carbocycles. The number of methoxy groups -OCH3 is 1. The summed E-state index contributed by atoms with van der Waals surface area (Å²) in [6.45, 7) is 1.95. The van der Waals surface area contributed by atoms with Crippen LogP contribution in [0, 0.1) is 6.92 Å². The molecule has 2 aromatic rings. The summed E-state index contributed by atoms with van der Waals surface area (Å²) >= 11 is 1.57. The van der Waals surface area contributed by atoms with Crippen LogP contribution in [0.3, 0.4) is 0 Å². The zero-order valence-corrected chi connectivity index (χ0v) is 9.88. The minimum absolute atomic E-state index is 0.549. The van der Waals surface area contributed by atoms with Crippen LogP contribution in [0.15, 0.2) is 23.6 Å². The fraction of sp³-hybridized carbons (Fsp3) is 0.167. The molecule has 0 atom stereocenters. The number of benzene rings is 1. The van der Waals surface area contributed by atoms with Crippen LogP contribution in [-0.4, -0.2) is 18.4 Å². The predicted octanol–water partition coefficient (Wildman–Crippen LogP) is 2.94. The van der Waals surface area contributed by atoms with E-state index in [-0.39, 0.29) is 0 Å². The second-order valence-electron chi connectivity index (χ2n) is 3.37. The van der Waals surface area contributed by atoms with Gasteiger partial charge >= 0.3 is 0 Å². The van der Waals surface area contributed by atoms with Crippen molar-refractivity contribution >= 4 is 17.6 Å². The molecule has 0 radical (unpaired) electrons. The topological polar surface area (TPSA) is 39.2 Å². The number of nitrogens with zero attached hydrogens (tertiary/aromatic N) is 1. The minimum atomic E-state index is 0.549. The number of hydrogen-bond donors (Lipinski definition) is 0. The number of carbonyl (C=O) groups excluding carboxylic acids is 1. The van der Waals surface area contributed by atoms with E-state index in [0.717, 1.165) is 22.6 Å². The van der Waals surface area contributed by atoms with Crippen molar-refractivity contribution in [3.63, 3.8) is 0 Å². The molecule has 3 nitrogen and oxygen atoms in total. The maximum Gasteiger partial charge on any atom is 0.153 e. The number of rotatable bonds is 3. The molecule has 1 heterocycles. The largest absolute Gasteiger partial charge is 0.496 e. The Bertz CT molecular complexity index is 519. The van der Waals surface area contributed by atoms with Gasteiger partial charge in [0.1, 0.15) is 10.8 Å². The normalized spacial score (nSPS) is 10.1. The molecule has 0 amide bonds. The van der Waals surface area contributed by atoms with E-state index in [1.165, 1.54) is 0 Å². The van der Waals surface area contributed by atoms with Gasteiger partial charge in [0.25, 0.3) is 0 Å². The van der Waals surface area contributed by atoms with E-state index >= 15 is 0 Å². The minimum Gasteiger partial charge on any atom is -0.496 e. The maximum absolute atomic E-state index is 10.9. The van der Waals surface area contributed by atoms with Gasteiger partial charge in [-0.15, -0.1) is 11.3 Å². The molecule has 0 aliphatic heterocycles. The van der Waals surface area contributed by atoms with Crippen molar-refractivity contribution in [1.82, 2.24) is 4.98 Å². The highest BCUT2D eigenvalue weighted by atomic mass is 32.1. The van der Waals surface area contributed by atoms with Gasteiger partial charge in [-0.2, -0.15) is 0 Å². The Morgan fingerprint density at radius 2 is 2.25 bits per heavy atom. The van der Waals surface area contributed by atoms with Gasteiger partial charge in [-0.3, -0.25) is 4.79 Å². The number of aromatic nitrogens is 1. The second-order valence-corrected chi connectivity index (χ2v) is 4.23. The maximum atomic E-state index is 10.9. The molecular weight excluding hydrogens is 222 g/mol. The molecule has 1 aromatic heterocycles. The van der Waals surface area contributed by atoms with Crippen molar-refractivity contribution in [2.45, 2.75) is 6.92 Å². The Hall–Kier alpha value is -1.68. The molecule has 16 heavy (non-hydrogen) atoms. The monoisotopic (exact) mass is 233 g/mol. The van der Waals surface area contributed by atoms with Crippen molar-refractivity contribution in [3.8, 4) is 16.3 Å². The molecule has 4 heteroatoms. The number of thiazole rings is 1. The van der Waals surface area contributed by atoms with Crippen molar-refractivity contribution in [2.75, 3.05) is 7.11 Å². The summed E-state index contributed by atoms with van der Waals surface area (Å²) < 4.78 is 5.08. The molecule has 82 valence electrons. The summed E-state index contributed by atoms with van der Waals surface area (Å²) in [5.74, 6) is 0.590. The average molecular weight is 233 g/mol. The van der Waals surface area contributed by atoms with Crippen LogP contribution in [0.5, 0.6) is 5.75 Å². The van der Waals surface area contributed by atoms with Crippen LogP contribution in [0.25, 0.3) is 10.6 Å². The zero-order chi connectivity index (χ0) is 11.5. The smallest absolute Gasteiger partial charge is 0.153 e. The van der Waals surface area contributed by atoms with E-state index in [1.54, 1.807) is 30.6 Å². The van der Waals surface area contributed by atoms with E-state index in [4.69, 9.17) is 4.74 Å². The first-order chi connectivity index (χ1) is 7.74. The number of hydrogen-bond acceptors (Lipinski definition) is 4. The molecule has 0 aliphatic rings. The fourth-order valence-corrected chi connectivity index (χ4v) is 2.24. The lowest BCUT2D eigenvalue weighted by Gasteiger charge is -2.04. The number of carbonyl (C=O) groups is 1. The second kappa shape index (κ2) is 4.45. The van der Waals surface area contributed by atoms with Crippen molar-refractivity contribution in [1.29, 1.82) is 0 Å². The molecule has 0 unspecified atom stereocenters. The summed E-state index contributed by atoms with van der Waals surface area (Å²) in [5.41, 5.74) is 2.48. The standard InChI is InChI=1S/C12H11NO2S/c1-8-7-16-12(13-8)9-3-4-11(15-2)10(5-9)6-14/h3-7H,1-2H3. The van der Waals surface area contributed by atoms with Gasteiger partial charge in [0.05, 0.1) is 12.7 Å². The third-order valence-corrected chi connectivity index (χ3v) is 3.23. The third-order valence-electron chi connectivity index (χ3n) is 2.22. The fourth-order valence-electron chi connectivity index (χ4n) is 1.45. The van der Waals surface area contributed by atoms with Crippen molar-refractivity contribution in [3.05, 3.63) is 34.8 Å². The summed E-state index contributed by atoms with van der Waals surface area (Å²) in [4.78, 5) is 15.3. The van der Waals surface area contributed by atoms with Crippen LogP contribution in [-0.2, 0) is 0 Å². The highest BCUT2D eigenvalue weighted by molar-refractivity contribution is 7.13. The molecule has 2 rings (SSSR count). The van der Waals surface area contributed by atoms with E-state index in [0.29, 0.717) is 11.3 Å². The quantitative estimate of drug-likeness (QED) is 0.765. The lowest BCUT2D eigenvalue weighted by Crippen LogP contribution is -1.90. The van der Waals surface area contributed by atoms with Crippen LogP contribution < -0.4 is 4.74 Å². The van der Waals surface area contributed by atoms with Crippen molar-refractivity contribution < 1.29 is 9.53 Å². The van der Waals surface area contributed by atoms with Gasteiger partial charge in [-0.25, -0.2) is 4.98 Å². The van der Waals surface area contributed by atoms with E-state index < -0.39 is 0 Å². The SMILES string of the molecule is COc1ccc(-c2nc(C)cs2)cc1C=O. The molecule has 0 N–H and O–H groups in total. The van der Waals surface area contributed by atoms with Gasteiger partial charge in [0, 0.05) is 16.6 Å². The Morgan fingerprint density at radius 3 is 2.81 bits per heavy atom. The first-order valence-corrected chi connectivity index (χ1v) is 5.68. The molecule has 0 bridgehead atoms. The first-order valence-electron chi connectivity index (χ1n) is 4.80. The molecule has 0 fully saturated rings. The predicted molar refractivity (Wildman–Crippen MR) is 64.2 cm³/mol. The Morgan fingerprint density at radius 1 is 1.44 bits per heavy atom. The third kappa shape index (κ3) is 1.97. The molecular formula is C12H11NO2S. The molecule has 0 spiro atoms. The summed E-state index contributed by atoms with van der Waals surface area (Å²) in [6.07, 6.45) is 0.794. The number of aldehydes is 1. The Labute approximate surface area is 97.7 Å². The van der Waals surface area contributed by atoms with Crippen LogP contribution >= 0.6 is 11.3 Å². The lowest BCUT2D eigenvalue weighted by atomic mass is 10.1. The van der Waals surface area contributed by atoms with Gasteiger partial charge in [0.15, 0.2) is 6.29 Å². The molecule has 0 saturated heterocycles. The van der Waals surface area contributed by atoms with Gasteiger partial charge < -0.3 is 4.74 Å². The Balaban J connectivity index is 2.47. The highest BCUT2D eigenvalue weighted by Crippen LogP contribution is 2.27. The molecule has 0 saturated carbocycles. The van der Waals surface area contributed by atoms with Crippen LogP contribution in [0.2, 0.25) is 0 Å². The highest BCUT2D eigenvalue weighted by Gasteiger charge is 2.07. The van der Waals surface area contributed by atoms with E-state index in [1.807, 2.05) is 18.4 Å². The van der Waals surface area contributed by atoms with Gasteiger partial charge in [-0.05, 0) is 25.1 Å². The summed E-state index contributed by atoms with van der Waals surface area (Å²) in [5, 5.41) is 2.91. The lowest BCUT2D eigenvalue weighted by molar-refractivity contribution is 0.112. The van der Waals surface area contributed by atoms with Gasteiger partial charge in [0.2, 0.25) is 0 Å². The van der Waals surface area contributed by atoms with E-state index in [9.17, 15) is 4.79 Å². The summed E-state index contributed by atoms with van der Waals surface area (Å²) in [6, 6.07) is 5.49. The van der Waals surface area contributed by atoms with Crippen molar-refractivity contribution in [2.24, 2.45) is 0 Å². The van der Waals surface area contributed by atoms with Crippen LogP contribution in [0.1, 0.15) is 16.1 Å². The zero-order valence-electron chi connectivity index (χ0n) is 9.06. The van der Waals surface area contributed by atoms with Crippen LogP contribution in [0.4, 0.5) is 0 Å². The number of aryl methyl sites for hydroxylation is 1. The first kappa shape index (κ1) is 10.8. The van der Waals surface area contributed by atoms with Gasteiger partial charge in [-0.1, -0.05) is 0 Å². The Kier molecular flexibility index (Phi) is 3.01. The molecule has 1 aromatic carbocycles. The van der Waals surface area contributed by atoms with E-state index in [2.05, 4.69) is 4.98 Å². The average Bonchev–Trinajstić information content (AvgIpc) is 2.75.